The number of nitrogens with one attached hydrogen (secondary N) is 2. The molecule has 122 valence electrons. The van der Waals surface area contributed by atoms with Crippen molar-refractivity contribution >= 4 is 28.8 Å². The van der Waals surface area contributed by atoms with Gasteiger partial charge in [-0.2, -0.15) is 0 Å². The first kappa shape index (κ1) is 18.4. The van der Waals surface area contributed by atoms with Crippen LogP contribution in [-0.4, -0.2) is 22.5 Å². The number of carbonyl (C=O) groups is 2. The van der Waals surface area contributed by atoms with Crippen LogP contribution in [0.1, 0.15) is 41.5 Å². The fraction of sp³-hybridized carbons (Fsp3) is 0.500. The van der Waals surface area contributed by atoms with E-state index in [4.69, 9.17) is 4.74 Å². The van der Waals surface area contributed by atoms with Crippen molar-refractivity contribution in [3.8, 4) is 0 Å². The summed E-state index contributed by atoms with van der Waals surface area (Å²) in [5, 5.41) is 5.41. The summed E-state index contributed by atoms with van der Waals surface area (Å²) >= 11 is 1.11. The summed E-state index contributed by atoms with van der Waals surface area (Å²) in [5.74, 6) is 0. The number of anilines is 1. The molecule has 1 aromatic carbocycles. The van der Waals surface area contributed by atoms with Crippen LogP contribution in [0.5, 0.6) is 0 Å². The van der Waals surface area contributed by atoms with E-state index in [9.17, 15) is 9.59 Å². The highest BCUT2D eigenvalue weighted by Gasteiger charge is 2.17. The Morgan fingerprint density at radius 2 is 1.55 bits per heavy atom. The number of hydrogen-bond acceptors (Lipinski definition) is 4. The monoisotopic (exact) mass is 324 g/mol. The fourth-order valence-electron chi connectivity index (χ4n) is 1.47. The lowest BCUT2D eigenvalue weighted by Crippen LogP contribution is -2.38. The van der Waals surface area contributed by atoms with E-state index in [1.54, 1.807) is 45.0 Å². The Labute approximate surface area is 136 Å². The number of carbonyl (C=O) groups excluding carboxylic acids is 2. The molecule has 2 N–H and O–H groups in total. The zero-order chi connectivity index (χ0) is 17.0. The Morgan fingerprint density at radius 3 is 2.00 bits per heavy atom. The zero-order valence-corrected chi connectivity index (χ0v) is 14.8. The summed E-state index contributed by atoms with van der Waals surface area (Å²) in [4.78, 5) is 24.3. The Kier molecular flexibility index (Phi) is 5.88. The molecule has 5 nitrogen and oxygen atoms in total. The molecule has 0 saturated heterocycles. The van der Waals surface area contributed by atoms with Gasteiger partial charge in [-0.1, -0.05) is 0 Å². The predicted molar refractivity (Wildman–Crippen MR) is 90.4 cm³/mol. The van der Waals surface area contributed by atoms with Gasteiger partial charge < -0.3 is 10.1 Å². The van der Waals surface area contributed by atoms with Crippen LogP contribution in [0, 0.1) is 0 Å². The quantitative estimate of drug-likeness (QED) is 0.778. The van der Waals surface area contributed by atoms with Gasteiger partial charge in [0.1, 0.15) is 5.60 Å². The van der Waals surface area contributed by atoms with Crippen molar-refractivity contribution in [3.63, 3.8) is 0 Å². The van der Waals surface area contributed by atoms with E-state index in [2.05, 4.69) is 10.6 Å². The topological polar surface area (TPSA) is 67.4 Å². The Morgan fingerprint density at radius 1 is 1.00 bits per heavy atom. The third kappa shape index (κ3) is 7.93. The van der Waals surface area contributed by atoms with Crippen molar-refractivity contribution in [2.45, 2.75) is 57.6 Å². The van der Waals surface area contributed by atoms with E-state index < -0.39 is 11.7 Å². The van der Waals surface area contributed by atoms with Gasteiger partial charge >= 0.3 is 6.09 Å². The summed E-state index contributed by atoms with van der Waals surface area (Å²) in [6.07, 6.45) is -0.502. The van der Waals surface area contributed by atoms with Crippen molar-refractivity contribution in [2.75, 3.05) is 5.32 Å². The van der Waals surface area contributed by atoms with E-state index in [-0.39, 0.29) is 10.8 Å². The fourth-order valence-corrected chi connectivity index (χ4v) is 2.31. The van der Waals surface area contributed by atoms with Gasteiger partial charge in [0, 0.05) is 16.1 Å². The van der Waals surface area contributed by atoms with Crippen LogP contribution in [0.25, 0.3) is 0 Å². The maximum atomic E-state index is 11.8. The van der Waals surface area contributed by atoms with E-state index >= 15 is 0 Å². The second-order valence-electron chi connectivity index (χ2n) is 6.92. The maximum absolute atomic E-state index is 11.8. The van der Waals surface area contributed by atoms with Crippen molar-refractivity contribution in [1.29, 1.82) is 0 Å². The molecular formula is C16H24N2O3S. The molecule has 1 aromatic rings. The molecule has 0 aromatic heterocycles. The van der Waals surface area contributed by atoms with Gasteiger partial charge in [0.2, 0.25) is 0 Å². The molecule has 1 rings (SSSR count). The SMILES string of the molecule is CC(C)(C)NC(=O)Sc1ccc(NC(=O)OC(C)(C)C)cc1. The van der Waals surface area contributed by atoms with Crippen molar-refractivity contribution < 1.29 is 14.3 Å². The maximum Gasteiger partial charge on any atom is 0.412 e. The highest BCUT2D eigenvalue weighted by molar-refractivity contribution is 8.13. The van der Waals surface area contributed by atoms with Crippen LogP contribution in [0.4, 0.5) is 15.3 Å². The van der Waals surface area contributed by atoms with E-state index in [0.717, 1.165) is 16.7 Å². The standard InChI is InChI=1S/C16H24N2O3S/c1-15(2,3)18-14(20)22-12-9-7-11(8-10-12)17-13(19)21-16(4,5)6/h7-10H,1-6H3,(H,17,19)(H,18,20). The lowest BCUT2D eigenvalue weighted by atomic mass is 10.1. The molecule has 2 amide bonds. The van der Waals surface area contributed by atoms with Crippen LogP contribution in [-0.2, 0) is 4.74 Å². The molecule has 0 radical (unpaired) electrons. The van der Waals surface area contributed by atoms with Crippen molar-refractivity contribution in [1.82, 2.24) is 5.32 Å². The minimum atomic E-state index is -0.537. The first-order chi connectivity index (χ1) is 9.94. The average Bonchev–Trinajstić information content (AvgIpc) is 2.26. The molecule has 22 heavy (non-hydrogen) atoms. The third-order valence-corrected chi connectivity index (χ3v) is 2.98. The zero-order valence-electron chi connectivity index (χ0n) is 13.9. The lowest BCUT2D eigenvalue weighted by molar-refractivity contribution is 0.0636. The molecule has 0 bridgehead atoms. The van der Waals surface area contributed by atoms with Crippen LogP contribution in [0.15, 0.2) is 29.2 Å². The Hall–Kier alpha value is -1.69. The van der Waals surface area contributed by atoms with Crippen molar-refractivity contribution in [3.05, 3.63) is 24.3 Å². The van der Waals surface area contributed by atoms with E-state index in [1.165, 1.54) is 0 Å². The number of hydrogen-bond donors (Lipinski definition) is 2. The van der Waals surface area contributed by atoms with Gasteiger partial charge in [0.25, 0.3) is 5.24 Å². The molecule has 0 aliphatic rings. The summed E-state index contributed by atoms with van der Waals surface area (Å²) in [5.41, 5.74) is -0.178. The van der Waals surface area contributed by atoms with Gasteiger partial charge in [0.05, 0.1) is 0 Å². The molecular weight excluding hydrogens is 300 g/mol. The summed E-state index contributed by atoms with van der Waals surface area (Å²) in [7, 11) is 0. The first-order valence-corrected chi connectivity index (χ1v) is 7.86. The summed E-state index contributed by atoms with van der Waals surface area (Å²) in [6.45, 7) is 11.2. The van der Waals surface area contributed by atoms with Crippen LogP contribution in [0.2, 0.25) is 0 Å². The van der Waals surface area contributed by atoms with E-state index in [1.807, 2.05) is 20.8 Å². The minimum absolute atomic E-state index is 0.111. The molecule has 0 aliphatic heterocycles. The number of ether oxygens (including phenoxy) is 1. The number of benzene rings is 1. The van der Waals surface area contributed by atoms with Gasteiger partial charge in [-0.15, -0.1) is 0 Å². The number of thioether (sulfide) groups is 1. The predicted octanol–water partition coefficient (Wildman–Crippen LogP) is 4.63. The summed E-state index contributed by atoms with van der Waals surface area (Å²) in [6, 6.07) is 7.02. The Balaban J connectivity index is 2.56. The van der Waals surface area contributed by atoms with Gasteiger partial charge in [-0.3, -0.25) is 10.1 Å². The molecule has 0 fully saturated rings. The lowest BCUT2D eigenvalue weighted by Gasteiger charge is -2.20. The highest BCUT2D eigenvalue weighted by atomic mass is 32.2. The van der Waals surface area contributed by atoms with Crippen LogP contribution >= 0.6 is 11.8 Å². The molecule has 0 saturated carbocycles. The Bertz CT molecular complexity index is 479. The second kappa shape index (κ2) is 7.05. The minimum Gasteiger partial charge on any atom is -0.444 e. The molecule has 0 unspecified atom stereocenters. The summed E-state index contributed by atoms with van der Waals surface area (Å²) < 4.78 is 5.17. The van der Waals surface area contributed by atoms with E-state index in [0.29, 0.717) is 5.69 Å². The second-order valence-corrected chi connectivity index (χ2v) is 7.96. The van der Waals surface area contributed by atoms with Gasteiger partial charge in [0.15, 0.2) is 0 Å². The molecule has 0 atom stereocenters. The van der Waals surface area contributed by atoms with Crippen molar-refractivity contribution in [2.24, 2.45) is 0 Å². The van der Waals surface area contributed by atoms with Gasteiger partial charge in [-0.05, 0) is 77.6 Å². The molecule has 6 heteroatoms. The van der Waals surface area contributed by atoms with Crippen LogP contribution < -0.4 is 10.6 Å². The van der Waals surface area contributed by atoms with Gasteiger partial charge in [-0.25, -0.2) is 4.79 Å². The smallest absolute Gasteiger partial charge is 0.412 e. The molecule has 0 aliphatic carbocycles. The third-order valence-electron chi connectivity index (χ3n) is 2.19. The number of amides is 2. The molecule has 0 heterocycles. The average molecular weight is 324 g/mol. The molecule has 0 spiro atoms. The van der Waals surface area contributed by atoms with Crippen LogP contribution in [0.3, 0.4) is 0 Å². The number of rotatable bonds is 2. The first-order valence-electron chi connectivity index (χ1n) is 7.05. The highest BCUT2D eigenvalue weighted by Crippen LogP contribution is 2.22. The normalized spacial score (nSPS) is 11.7. The largest absolute Gasteiger partial charge is 0.444 e.